The van der Waals surface area contributed by atoms with Gasteiger partial charge < -0.3 is 14.0 Å². The van der Waals surface area contributed by atoms with E-state index < -0.39 is 0 Å². The Balaban J connectivity index is 1.03. The topological polar surface area (TPSA) is 13.1 Å². The van der Waals surface area contributed by atoms with Crippen LogP contribution in [0.4, 0.5) is 17.1 Å². The van der Waals surface area contributed by atoms with Crippen molar-refractivity contribution in [2.24, 2.45) is 0 Å². The van der Waals surface area contributed by atoms with Gasteiger partial charge in [0.25, 0.3) is 0 Å². The van der Waals surface area contributed by atoms with Crippen LogP contribution in [0, 0.1) is 0 Å². The van der Waals surface area contributed by atoms with E-state index in [1.807, 2.05) is 11.8 Å². The first-order valence-electron chi connectivity index (χ1n) is 34.8. The molecule has 0 saturated carbocycles. The average molecular weight is 1250 g/mol. The van der Waals surface area contributed by atoms with Crippen LogP contribution in [0.2, 0.25) is 0 Å². The Labute approximate surface area is 568 Å². The first-order valence-corrected chi connectivity index (χ1v) is 35.6. The molecule has 0 amide bonds. The Bertz CT molecular complexity index is 5190. The molecule has 17 rings (SSSR count). The van der Waals surface area contributed by atoms with Crippen molar-refractivity contribution in [3.8, 4) is 44.8 Å². The zero-order valence-corrected chi connectivity index (χ0v) is 59.5. The van der Waals surface area contributed by atoms with Crippen LogP contribution in [0.3, 0.4) is 0 Å². The molecule has 5 heteroatoms. The maximum atomic E-state index is 2.74. The highest BCUT2D eigenvalue weighted by Crippen LogP contribution is 2.53. The van der Waals surface area contributed by atoms with Crippen molar-refractivity contribution in [1.29, 1.82) is 0 Å². The van der Waals surface area contributed by atoms with Crippen LogP contribution in [-0.2, 0) is 21.7 Å². The normalized spacial score (nSPS) is 14.6. The molecular weight excluding hydrogens is 1170 g/mol. The second kappa shape index (κ2) is 21.6. The molecule has 0 aliphatic carbocycles. The SMILES string of the molecule is CC(C)c1cc(C(C)C)c2c(c1)C(C)c1ccc(cc1)-c1cccc(-c3ccccc3)c1N1c3cc(-n4c5ccc(C(C)(C)C)cc5c5cc(C(C)(C)C)ccc54)ccc3B3c4ccc(-n5c6ccc(C(C)(C)C)cc6c6cc(C(C)(C)C)ccc65)cc4Sc4cc-2cc1c43. The standard InChI is InChI=1S/C90H88BN3S/c1-52(2)58-42-68(53(3)4)84-59-44-81-85-83(45-59)95-82-51-65(93-78-40-32-62(89(12,13)14)48-72(78)73-49-63(90(15,16)17)33-41-79(73)93)35-37-75(82)91(85)74-36-34-64(92-76-38-30-60(87(6,7)8)46-70(76)71-47-61(88(9,10)11)31-39-77(71)92)50-80(74)94(81)86-66(56-22-19-18-20-23-56)24-21-25-67(86)57-28-26-55(27-29-57)54(5)69(84)43-58/h18-54H,1-17H3. The summed E-state index contributed by atoms with van der Waals surface area (Å²) >= 11 is 1.97. The Kier molecular flexibility index (Phi) is 13.9. The molecule has 4 bridgehead atoms. The van der Waals surface area contributed by atoms with Gasteiger partial charge in [0, 0.05) is 71.1 Å². The smallest absolute Gasteiger partial charge is 0.249 e. The largest absolute Gasteiger partial charge is 0.310 e. The number of rotatable bonds is 5. The summed E-state index contributed by atoms with van der Waals surface area (Å²) in [7, 11) is 0. The summed E-state index contributed by atoms with van der Waals surface area (Å²) in [5.74, 6) is 0.753. The van der Waals surface area contributed by atoms with E-state index in [9.17, 15) is 0 Å². The first-order chi connectivity index (χ1) is 45.2. The molecule has 95 heavy (non-hydrogen) atoms. The summed E-state index contributed by atoms with van der Waals surface area (Å²) in [6, 6.07) is 82.2. The molecule has 1 unspecified atom stereocenters. The molecule has 0 saturated heterocycles. The van der Waals surface area contributed by atoms with Gasteiger partial charge >= 0.3 is 0 Å². The van der Waals surface area contributed by atoms with E-state index in [0.717, 1.165) is 5.69 Å². The van der Waals surface area contributed by atoms with Crippen LogP contribution in [0.1, 0.15) is 180 Å². The predicted octanol–water partition coefficient (Wildman–Crippen LogP) is 23.5. The average Bonchev–Trinajstić information content (AvgIpc) is 1.53. The predicted molar refractivity (Wildman–Crippen MR) is 412 cm³/mol. The zero-order chi connectivity index (χ0) is 66.3. The van der Waals surface area contributed by atoms with Gasteiger partial charge in [-0.3, -0.25) is 0 Å². The highest BCUT2D eigenvalue weighted by atomic mass is 32.2. The second-order valence-corrected chi connectivity index (χ2v) is 33.7. The third-order valence-electron chi connectivity index (χ3n) is 21.6. The molecule has 0 N–H and O–H groups in total. The number of aromatic nitrogens is 2. The number of benzene rings is 11. The summed E-state index contributed by atoms with van der Waals surface area (Å²) in [6.07, 6.45) is 0. The number of anilines is 3. The van der Waals surface area contributed by atoms with Gasteiger partial charge in [0.1, 0.15) is 0 Å². The van der Waals surface area contributed by atoms with Gasteiger partial charge in [0.2, 0.25) is 6.71 Å². The minimum absolute atomic E-state index is 0.00214. The van der Waals surface area contributed by atoms with Crippen LogP contribution >= 0.6 is 11.8 Å². The molecule has 11 aromatic carbocycles. The summed E-state index contributed by atoms with van der Waals surface area (Å²) in [6.45, 7) is 39.9. The van der Waals surface area contributed by atoms with Gasteiger partial charge in [0.05, 0.1) is 27.8 Å². The highest BCUT2D eigenvalue weighted by molar-refractivity contribution is 8.00. The molecule has 13 aromatic rings. The third-order valence-corrected chi connectivity index (χ3v) is 22.7. The minimum atomic E-state index is -0.0866. The van der Waals surface area contributed by atoms with Crippen LogP contribution in [0.5, 0.6) is 0 Å². The van der Waals surface area contributed by atoms with E-state index >= 15 is 0 Å². The van der Waals surface area contributed by atoms with E-state index in [1.54, 1.807) is 0 Å². The quantitative estimate of drug-likeness (QED) is 0.159. The van der Waals surface area contributed by atoms with E-state index in [2.05, 4.69) is 338 Å². The van der Waals surface area contributed by atoms with Crippen molar-refractivity contribution in [3.63, 3.8) is 0 Å². The lowest BCUT2D eigenvalue weighted by Crippen LogP contribution is -2.60. The van der Waals surface area contributed by atoms with Crippen LogP contribution in [-0.4, -0.2) is 15.8 Å². The molecule has 0 fully saturated rings. The maximum absolute atomic E-state index is 2.74. The Morgan fingerprint density at radius 3 is 1.37 bits per heavy atom. The lowest BCUT2D eigenvalue weighted by molar-refractivity contribution is 0.590. The third kappa shape index (κ3) is 9.82. The van der Waals surface area contributed by atoms with E-state index in [1.165, 1.54) is 170 Å². The minimum Gasteiger partial charge on any atom is -0.310 e. The van der Waals surface area contributed by atoms with Crippen LogP contribution < -0.4 is 21.3 Å². The van der Waals surface area contributed by atoms with Crippen molar-refractivity contribution in [3.05, 3.63) is 251 Å². The molecular formula is C90H88BN3S. The van der Waals surface area contributed by atoms with Crippen molar-refractivity contribution in [2.45, 2.75) is 167 Å². The van der Waals surface area contributed by atoms with Crippen molar-refractivity contribution >= 4 is 95.5 Å². The summed E-state index contributed by atoms with van der Waals surface area (Å²) in [4.78, 5) is 5.33. The number of fused-ring (bicyclic) bond motifs is 12. The molecule has 472 valence electrons. The summed E-state index contributed by atoms with van der Waals surface area (Å²) < 4.78 is 5.13. The van der Waals surface area contributed by atoms with Gasteiger partial charge in [-0.1, -0.05) is 256 Å². The molecule has 2 aromatic heterocycles. The number of hydrogen-bond donors (Lipinski definition) is 0. The number of hydrogen-bond acceptors (Lipinski definition) is 2. The number of para-hydroxylation sites is 1. The molecule has 6 heterocycles. The van der Waals surface area contributed by atoms with Gasteiger partial charge in [-0.25, -0.2) is 0 Å². The molecule has 0 radical (unpaired) electrons. The lowest BCUT2D eigenvalue weighted by atomic mass is 9.34. The summed E-state index contributed by atoms with van der Waals surface area (Å²) in [5, 5.41) is 5.18. The fourth-order valence-corrected chi connectivity index (χ4v) is 17.3. The lowest BCUT2D eigenvalue weighted by Gasteiger charge is -2.42. The van der Waals surface area contributed by atoms with Crippen LogP contribution in [0.25, 0.3) is 88.4 Å². The van der Waals surface area contributed by atoms with Gasteiger partial charge in [-0.15, -0.1) is 0 Å². The van der Waals surface area contributed by atoms with Gasteiger partial charge in [-0.05, 0) is 196 Å². The zero-order valence-electron chi connectivity index (χ0n) is 58.7. The first kappa shape index (κ1) is 61.1. The molecule has 3 nitrogen and oxygen atoms in total. The molecule has 4 aliphatic rings. The fourth-order valence-electron chi connectivity index (χ4n) is 16.0. The Morgan fingerprint density at radius 2 is 0.884 bits per heavy atom. The maximum Gasteiger partial charge on any atom is 0.249 e. The van der Waals surface area contributed by atoms with Gasteiger partial charge in [0.15, 0.2) is 0 Å². The summed E-state index contributed by atoms with van der Waals surface area (Å²) in [5.41, 5.74) is 33.0. The van der Waals surface area contributed by atoms with E-state index in [0.29, 0.717) is 5.92 Å². The molecule has 0 spiro atoms. The Hall–Kier alpha value is -8.77. The van der Waals surface area contributed by atoms with Crippen LogP contribution in [0.15, 0.2) is 216 Å². The Morgan fingerprint density at radius 1 is 0.400 bits per heavy atom. The van der Waals surface area contributed by atoms with Crippen molar-refractivity contribution in [2.75, 3.05) is 4.90 Å². The van der Waals surface area contributed by atoms with Gasteiger partial charge in [-0.2, -0.15) is 0 Å². The monoisotopic (exact) mass is 1250 g/mol. The van der Waals surface area contributed by atoms with E-state index in [-0.39, 0.29) is 40.2 Å². The van der Waals surface area contributed by atoms with Crippen molar-refractivity contribution in [1.82, 2.24) is 9.13 Å². The van der Waals surface area contributed by atoms with E-state index in [4.69, 9.17) is 0 Å². The highest BCUT2D eigenvalue weighted by Gasteiger charge is 2.44. The molecule has 1 atom stereocenters. The second-order valence-electron chi connectivity index (χ2n) is 32.6. The molecule has 4 aliphatic heterocycles. The fraction of sp³-hybridized carbons (Fsp3) is 0.267. The number of nitrogens with zero attached hydrogens (tertiary/aromatic N) is 3. The van der Waals surface area contributed by atoms with Crippen molar-refractivity contribution < 1.29 is 0 Å².